The van der Waals surface area contributed by atoms with Crippen LogP contribution in [-0.2, 0) is 23.8 Å². The molecule has 6 N–H and O–H groups in total. The maximum atomic E-state index is 13.5. The molecule has 1 rings (SSSR count). The van der Waals surface area contributed by atoms with E-state index in [9.17, 15) is 35.1 Å². The van der Waals surface area contributed by atoms with Gasteiger partial charge in [-0.25, -0.2) is 0 Å². The highest BCUT2D eigenvalue weighted by molar-refractivity contribution is 5.80. The van der Waals surface area contributed by atoms with Gasteiger partial charge in [0.15, 0.2) is 12.4 Å². The predicted molar refractivity (Wildman–Crippen MR) is 361 cm³/mol. The number of ether oxygens (including phenoxy) is 3. The van der Waals surface area contributed by atoms with Crippen molar-refractivity contribution in [2.24, 2.45) is 0 Å². The smallest absolute Gasteiger partial charge is 0.306 e. The summed E-state index contributed by atoms with van der Waals surface area (Å²) in [6.45, 7) is 5.78. The van der Waals surface area contributed by atoms with E-state index in [2.05, 4.69) is 74.7 Å². The van der Waals surface area contributed by atoms with Crippen molar-refractivity contribution in [2.45, 2.75) is 391 Å². The number of aliphatic hydroxyl groups excluding tert-OH is 5. The topological polar surface area (TPSA) is 175 Å². The summed E-state index contributed by atoms with van der Waals surface area (Å²) in [5.41, 5.74) is 0. The zero-order valence-electron chi connectivity index (χ0n) is 55.9. The molecule has 0 spiro atoms. The molecule has 1 heterocycles. The largest absolute Gasteiger partial charge is 0.454 e. The molecule has 11 nitrogen and oxygen atoms in total. The first-order valence-corrected chi connectivity index (χ1v) is 36.6. The summed E-state index contributed by atoms with van der Waals surface area (Å²) in [6.07, 6.45) is 69.9. The molecule has 8 unspecified atom stereocenters. The number of amides is 1. The van der Waals surface area contributed by atoms with Crippen molar-refractivity contribution in [3.63, 3.8) is 0 Å². The number of unbranched alkanes of at least 4 members (excludes halogenated alkanes) is 41. The first-order valence-electron chi connectivity index (χ1n) is 36.6. The molecule has 1 amide bonds. The number of esters is 1. The molecule has 1 aliphatic rings. The SMILES string of the molecule is CCCCC/C=C\C/C=C\C/C=C\C/C=C\CCCCC(O)C(=O)NC(COC1OC(CO)C(O)C(O)C1OC(=O)CCCCCCCCCCCCCCCCCCCCCCCCCCCCC)C(O)/C=C/CCCCCCCCCCCC. The molecule has 0 aromatic heterocycles. The Bertz CT molecular complexity index is 1630. The molecule has 1 aliphatic heterocycles. The van der Waals surface area contributed by atoms with Gasteiger partial charge in [-0.15, -0.1) is 0 Å². The van der Waals surface area contributed by atoms with Crippen LogP contribution < -0.4 is 5.32 Å². The van der Waals surface area contributed by atoms with Crippen LogP contribution in [0.2, 0.25) is 0 Å². The lowest BCUT2D eigenvalue weighted by Gasteiger charge is -2.41. The standard InChI is InChI=1S/C75H137NO10/c1-4-7-10-13-16-19-22-25-27-29-31-32-33-34-35-36-37-38-39-41-43-45-48-51-54-57-60-63-70(80)86-73-72(82)71(81)69(64-77)85-75(73)84-65-66(67(78)61-58-55-52-49-46-24-21-18-15-12-9-6-3)76-74(83)68(79)62-59-56-53-50-47-44-42-40-30-28-26-23-20-17-14-11-8-5-2/h17,20,26,28,40,42,47,50,58,61,66-69,71-73,75,77-79,81-82H,4-16,18-19,21-25,27,29-39,41,43-46,48-49,51-57,59-60,62-65H2,1-3H3,(H,76,83)/b20-17-,28-26-,42-40-,50-47-,61-58+. The number of allylic oxidation sites excluding steroid dienone is 9. The van der Waals surface area contributed by atoms with Crippen molar-refractivity contribution in [1.29, 1.82) is 0 Å². The van der Waals surface area contributed by atoms with Crippen LogP contribution in [0.5, 0.6) is 0 Å². The first kappa shape index (κ1) is 81.4. The van der Waals surface area contributed by atoms with E-state index in [-0.39, 0.29) is 19.4 Å². The van der Waals surface area contributed by atoms with Crippen molar-refractivity contribution in [3.05, 3.63) is 60.8 Å². The first-order chi connectivity index (χ1) is 42.2. The Morgan fingerprint density at radius 1 is 0.453 bits per heavy atom. The molecular formula is C75H137NO10. The number of aliphatic hydroxyl groups is 5. The van der Waals surface area contributed by atoms with E-state index in [0.717, 1.165) is 77.0 Å². The second-order valence-corrected chi connectivity index (χ2v) is 25.3. The minimum Gasteiger partial charge on any atom is -0.454 e. The fourth-order valence-corrected chi connectivity index (χ4v) is 11.4. The van der Waals surface area contributed by atoms with Gasteiger partial charge in [0.25, 0.3) is 0 Å². The zero-order valence-corrected chi connectivity index (χ0v) is 55.9. The average molecular weight is 1210 g/mol. The number of rotatable bonds is 63. The average Bonchev–Trinajstić information content (AvgIpc) is 3.59. The fourth-order valence-electron chi connectivity index (χ4n) is 11.4. The summed E-state index contributed by atoms with van der Waals surface area (Å²) in [6, 6.07) is -1.04. The minimum atomic E-state index is -1.62. The summed E-state index contributed by atoms with van der Waals surface area (Å²) in [4.78, 5) is 26.7. The third-order valence-electron chi connectivity index (χ3n) is 17.2. The van der Waals surface area contributed by atoms with E-state index in [1.165, 1.54) is 218 Å². The third-order valence-corrected chi connectivity index (χ3v) is 17.2. The Kier molecular flexibility index (Phi) is 59.2. The van der Waals surface area contributed by atoms with E-state index in [1.807, 2.05) is 6.08 Å². The molecular weight excluding hydrogens is 1070 g/mol. The molecule has 0 bridgehead atoms. The summed E-state index contributed by atoms with van der Waals surface area (Å²) in [5, 5.41) is 57.2. The van der Waals surface area contributed by atoms with E-state index < -0.39 is 67.4 Å². The normalized spacial score (nSPS) is 18.6. The lowest BCUT2D eigenvalue weighted by Crippen LogP contribution is -2.61. The van der Waals surface area contributed by atoms with Crippen molar-refractivity contribution >= 4 is 11.9 Å². The Labute approximate surface area is 528 Å². The second-order valence-electron chi connectivity index (χ2n) is 25.3. The monoisotopic (exact) mass is 1210 g/mol. The summed E-state index contributed by atoms with van der Waals surface area (Å²) < 4.78 is 17.7. The fraction of sp³-hybridized carbons (Fsp3) is 0.840. The van der Waals surface area contributed by atoms with Crippen molar-refractivity contribution in [1.82, 2.24) is 5.32 Å². The van der Waals surface area contributed by atoms with Crippen LogP contribution in [0.3, 0.4) is 0 Å². The number of hydrogen-bond acceptors (Lipinski definition) is 10. The van der Waals surface area contributed by atoms with Gasteiger partial charge in [-0.05, 0) is 70.6 Å². The van der Waals surface area contributed by atoms with E-state index in [4.69, 9.17) is 14.2 Å². The van der Waals surface area contributed by atoms with E-state index >= 15 is 0 Å². The van der Waals surface area contributed by atoms with Crippen LogP contribution in [0, 0.1) is 0 Å². The van der Waals surface area contributed by atoms with Gasteiger partial charge in [0.1, 0.15) is 24.4 Å². The quantitative estimate of drug-likeness (QED) is 0.0195. The lowest BCUT2D eigenvalue weighted by molar-refractivity contribution is -0.305. The maximum absolute atomic E-state index is 13.5. The molecule has 8 atom stereocenters. The van der Waals surface area contributed by atoms with Crippen molar-refractivity contribution in [3.8, 4) is 0 Å². The van der Waals surface area contributed by atoms with Gasteiger partial charge in [-0.2, -0.15) is 0 Å². The molecule has 0 radical (unpaired) electrons. The van der Waals surface area contributed by atoms with Crippen LogP contribution in [0.25, 0.3) is 0 Å². The molecule has 0 aromatic rings. The van der Waals surface area contributed by atoms with Crippen LogP contribution in [-0.4, -0.2) is 99.6 Å². The van der Waals surface area contributed by atoms with Gasteiger partial charge in [0.2, 0.25) is 5.91 Å². The molecule has 11 heteroatoms. The molecule has 0 aromatic carbocycles. The Hall–Kier alpha value is -2.64. The highest BCUT2D eigenvalue weighted by Gasteiger charge is 2.47. The molecule has 86 heavy (non-hydrogen) atoms. The zero-order chi connectivity index (χ0) is 62.4. The van der Waals surface area contributed by atoms with E-state index in [1.54, 1.807) is 6.08 Å². The van der Waals surface area contributed by atoms with Crippen LogP contribution >= 0.6 is 0 Å². The molecule has 502 valence electrons. The molecule has 1 saturated heterocycles. The van der Waals surface area contributed by atoms with Crippen molar-refractivity contribution < 1.29 is 49.3 Å². The van der Waals surface area contributed by atoms with Gasteiger partial charge in [-0.1, -0.05) is 326 Å². The Morgan fingerprint density at radius 2 is 0.802 bits per heavy atom. The number of hydrogen-bond donors (Lipinski definition) is 6. The van der Waals surface area contributed by atoms with Gasteiger partial charge >= 0.3 is 5.97 Å². The number of carbonyl (C=O) groups is 2. The third kappa shape index (κ3) is 49.2. The van der Waals surface area contributed by atoms with Crippen molar-refractivity contribution in [2.75, 3.05) is 13.2 Å². The highest BCUT2D eigenvalue weighted by atomic mass is 16.7. The summed E-state index contributed by atoms with van der Waals surface area (Å²) in [5.74, 6) is -1.22. The predicted octanol–water partition coefficient (Wildman–Crippen LogP) is 18.9. The molecule has 0 aliphatic carbocycles. The molecule has 0 saturated carbocycles. The van der Waals surface area contributed by atoms with Gasteiger partial charge < -0.3 is 45.1 Å². The Balaban J connectivity index is 2.54. The van der Waals surface area contributed by atoms with Crippen LogP contribution in [0.1, 0.15) is 342 Å². The second kappa shape index (κ2) is 62.5. The van der Waals surface area contributed by atoms with Gasteiger partial charge in [0.05, 0.1) is 25.4 Å². The highest BCUT2D eigenvalue weighted by Crippen LogP contribution is 2.26. The van der Waals surface area contributed by atoms with Crippen LogP contribution in [0.4, 0.5) is 0 Å². The number of carbonyl (C=O) groups excluding carboxylic acids is 2. The van der Waals surface area contributed by atoms with Gasteiger partial charge in [-0.3, -0.25) is 9.59 Å². The maximum Gasteiger partial charge on any atom is 0.306 e. The Morgan fingerprint density at radius 3 is 1.22 bits per heavy atom. The summed E-state index contributed by atoms with van der Waals surface area (Å²) >= 11 is 0. The molecule has 1 fully saturated rings. The minimum absolute atomic E-state index is 0.123. The van der Waals surface area contributed by atoms with Gasteiger partial charge in [0, 0.05) is 6.42 Å². The van der Waals surface area contributed by atoms with E-state index in [0.29, 0.717) is 12.8 Å². The van der Waals surface area contributed by atoms with Crippen LogP contribution in [0.15, 0.2) is 60.8 Å². The number of nitrogens with one attached hydrogen (secondary N) is 1. The summed E-state index contributed by atoms with van der Waals surface area (Å²) in [7, 11) is 0. The lowest BCUT2D eigenvalue weighted by atomic mass is 9.99.